The zero-order valence-electron chi connectivity index (χ0n) is 18.8. The van der Waals surface area contributed by atoms with Gasteiger partial charge in [0.05, 0.1) is 10.8 Å². The molecule has 4 aromatic rings. The Morgan fingerprint density at radius 3 is 2.21 bits per heavy atom. The number of carbonyl (C=O) groups excluding carboxylic acids is 2. The first-order valence-corrected chi connectivity index (χ1v) is 12.0. The molecule has 0 fully saturated rings. The second kappa shape index (κ2) is 11.2. The summed E-state index contributed by atoms with van der Waals surface area (Å²) < 4.78 is 7.13. The van der Waals surface area contributed by atoms with Gasteiger partial charge in [0.15, 0.2) is 0 Å². The maximum absolute atomic E-state index is 13.1. The van der Waals surface area contributed by atoms with E-state index >= 15 is 0 Å². The average Bonchev–Trinajstić information content (AvgIpc) is 3.26. The van der Waals surface area contributed by atoms with Crippen LogP contribution in [0.25, 0.3) is 10.9 Å². The fourth-order valence-electron chi connectivity index (χ4n) is 3.88. The summed E-state index contributed by atoms with van der Waals surface area (Å²) in [6, 6.07) is 25.8. The maximum Gasteiger partial charge on any atom is 0.327 e. The van der Waals surface area contributed by atoms with Crippen LogP contribution in [0.5, 0.6) is 0 Å². The molecule has 0 spiro atoms. The number of para-hydroxylation sites is 1. The van der Waals surface area contributed by atoms with Gasteiger partial charge in [0.25, 0.3) is 0 Å². The Morgan fingerprint density at radius 2 is 1.56 bits per heavy atom. The Morgan fingerprint density at radius 1 is 0.941 bits per heavy atom. The predicted molar refractivity (Wildman–Crippen MR) is 134 cm³/mol. The second-order valence-electron chi connectivity index (χ2n) is 7.91. The number of nitrogens with zero attached hydrogens (tertiary/aromatic N) is 1. The molecule has 3 aromatic carbocycles. The molecule has 6 nitrogen and oxygen atoms in total. The number of nitrogens with one attached hydrogen (secondary N) is 1. The molecule has 0 aliphatic carbocycles. The Bertz CT molecular complexity index is 1260. The van der Waals surface area contributed by atoms with Crippen molar-refractivity contribution in [2.75, 3.05) is 0 Å². The molecular formula is C27H26N2O4S. The van der Waals surface area contributed by atoms with E-state index in [1.807, 2.05) is 84.9 Å². The molecule has 1 heterocycles. The molecule has 4 rings (SSSR count). The van der Waals surface area contributed by atoms with Gasteiger partial charge < -0.3 is 9.94 Å². The van der Waals surface area contributed by atoms with Crippen LogP contribution < -0.4 is 5.48 Å². The highest BCUT2D eigenvalue weighted by atomic mass is 32.2. The molecule has 0 saturated carbocycles. The maximum atomic E-state index is 13.1. The van der Waals surface area contributed by atoms with E-state index in [1.165, 1.54) is 18.7 Å². The third-order valence-corrected chi connectivity index (χ3v) is 6.97. The van der Waals surface area contributed by atoms with Crippen LogP contribution in [-0.2, 0) is 21.9 Å². The number of hydroxylamine groups is 1. The highest BCUT2D eigenvalue weighted by molar-refractivity contribution is 7.98. The Balaban J connectivity index is 1.68. The fourth-order valence-corrected chi connectivity index (χ4v) is 5.18. The topological polar surface area (TPSA) is 80.6 Å². The molecule has 0 unspecified atom stereocenters. The van der Waals surface area contributed by atoms with E-state index in [0.29, 0.717) is 5.75 Å². The highest BCUT2D eigenvalue weighted by Gasteiger charge is 2.33. The minimum Gasteiger partial charge on any atom is -0.460 e. The van der Waals surface area contributed by atoms with Crippen molar-refractivity contribution in [3.8, 4) is 0 Å². The van der Waals surface area contributed by atoms with Crippen LogP contribution in [0.15, 0.2) is 91.1 Å². The standard InChI is InChI=1S/C27H26N2O4S/c1-19(30)29-16-23(22-14-8-9-15-24(22)29)26(34-18-21-12-6-3-7-13-21)25(28-32)27(31)33-17-20-10-4-2-5-11-20/h2-16,25-26,28,32H,17-18H2,1H3/t25-,26+/m0/s1. The lowest BCUT2D eigenvalue weighted by atomic mass is 10.0. The smallest absolute Gasteiger partial charge is 0.327 e. The summed E-state index contributed by atoms with van der Waals surface area (Å²) >= 11 is 1.50. The lowest BCUT2D eigenvalue weighted by Crippen LogP contribution is -2.40. The quantitative estimate of drug-likeness (QED) is 0.251. The molecule has 7 heteroatoms. The molecule has 0 aliphatic heterocycles. The minimum absolute atomic E-state index is 0.100. The monoisotopic (exact) mass is 474 g/mol. The van der Waals surface area contributed by atoms with Gasteiger partial charge in [-0.2, -0.15) is 5.48 Å². The summed E-state index contributed by atoms with van der Waals surface area (Å²) in [5, 5.41) is 10.4. The van der Waals surface area contributed by atoms with Gasteiger partial charge in [-0.05, 0) is 22.8 Å². The summed E-state index contributed by atoms with van der Waals surface area (Å²) in [4.78, 5) is 25.4. The molecule has 0 bridgehead atoms. The number of thioether (sulfide) groups is 1. The van der Waals surface area contributed by atoms with Crippen molar-refractivity contribution in [2.24, 2.45) is 0 Å². The molecule has 174 valence electrons. The lowest BCUT2D eigenvalue weighted by Gasteiger charge is -2.24. The number of carbonyl (C=O) groups is 2. The van der Waals surface area contributed by atoms with Gasteiger partial charge in [-0.1, -0.05) is 78.9 Å². The number of fused-ring (bicyclic) bond motifs is 1. The van der Waals surface area contributed by atoms with Crippen LogP contribution in [0.2, 0.25) is 0 Å². The van der Waals surface area contributed by atoms with Crippen LogP contribution in [0.4, 0.5) is 0 Å². The average molecular weight is 475 g/mol. The number of ether oxygens (including phenoxy) is 1. The fraction of sp³-hybridized carbons (Fsp3) is 0.185. The van der Waals surface area contributed by atoms with Gasteiger partial charge in [0.2, 0.25) is 5.91 Å². The largest absolute Gasteiger partial charge is 0.460 e. The number of benzene rings is 3. The molecule has 0 amide bonds. The van der Waals surface area contributed by atoms with E-state index in [1.54, 1.807) is 10.8 Å². The van der Waals surface area contributed by atoms with Crippen molar-refractivity contribution in [3.63, 3.8) is 0 Å². The van der Waals surface area contributed by atoms with Gasteiger partial charge in [-0.3, -0.25) is 14.2 Å². The van der Waals surface area contributed by atoms with Crippen molar-refractivity contribution < 1.29 is 19.5 Å². The summed E-state index contributed by atoms with van der Waals surface area (Å²) in [6.07, 6.45) is 1.75. The zero-order chi connectivity index (χ0) is 23.9. The molecule has 0 radical (unpaired) electrons. The van der Waals surface area contributed by atoms with Crippen molar-refractivity contribution >= 4 is 34.5 Å². The third kappa shape index (κ3) is 5.39. The Hall–Kier alpha value is -3.39. The number of hydrogen-bond donors (Lipinski definition) is 2. The van der Waals surface area contributed by atoms with E-state index in [2.05, 4.69) is 5.48 Å². The molecule has 2 atom stereocenters. The number of hydrogen-bond acceptors (Lipinski definition) is 6. The van der Waals surface area contributed by atoms with E-state index in [0.717, 1.165) is 27.6 Å². The van der Waals surface area contributed by atoms with Gasteiger partial charge in [0.1, 0.15) is 12.6 Å². The van der Waals surface area contributed by atoms with E-state index in [4.69, 9.17) is 4.74 Å². The van der Waals surface area contributed by atoms with Gasteiger partial charge in [0, 0.05) is 24.3 Å². The molecular weight excluding hydrogens is 448 g/mol. The van der Waals surface area contributed by atoms with Crippen LogP contribution in [0.3, 0.4) is 0 Å². The van der Waals surface area contributed by atoms with Crippen LogP contribution in [0.1, 0.15) is 33.7 Å². The van der Waals surface area contributed by atoms with Gasteiger partial charge in [-0.25, -0.2) is 0 Å². The predicted octanol–water partition coefficient (Wildman–Crippen LogP) is 5.37. The first kappa shape index (κ1) is 23.8. The molecule has 0 aliphatic rings. The van der Waals surface area contributed by atoms with Crippen molar-refractivity contribution in [1.29, 1.82) is 0 Å². The first-order valence-electron chi connectivity index (χ1n) is 10.9. The highest BCUT2D eigenvalue weighted by Crippen LogP contribution is 2.39. The normalized spacial score (nSPS) is 12.9. The van der Waals surface area contributed by atoms with Crippen molar-refractivity contribution in [1.82, 2.24) is 10.0 Å². The summed E-state index contributed by atoms with van der Waals surface area (Å²) in [5.41, 5.74) is 5.66. The van der Waals surface area contributed by atoms with Crippen molar-refractivity contribution in [2.45, 2.75) is 30.6 Å². The minimum atomic E-state index is -1.04. The Kier molecular flexibility index (Phi) is 7.80. The third-order valence-electron chi connectivity index (χ3n) is 5.58. The molecule has 1 aromatic heterocycles. The first-order chi connectivity index (χ1) is 16.6. The molecule has 0 saturated heterocycles. The zero-order valence-corrected chi connectivity index (χ0v) is 19.6. The summed E-state index contributed by atoms with van der Waals surface area (Å²) in [6.45, 7) is 1.60. The van der Waals surface area contributed by atoms with Crippen LogP contribution in [0, 0.1) is 0 Å². The van der Waals surface area contributed by atoms with E-state index in [-0.39, 0.29) is 12.5 Å². The van der Waals surface area contributed by atoms with E-state index < -0.39 is 17.3 Å². The number of aromatic nitrogens is 1. The van der Waals surface area contributed by atoms with E-state index in [9.17, 15) is 14.8 Å². The van der Waals surface area contributed by atoms with Crippen molar-refractivity contribution in [3.05, 3.63) is 108 Å². The summed E-state index contributed by atoms with van der Waals surface area (Å²) in [5.74, 6) is -0.0964. The SMILES string of the molecule is CC(=O)n1cc([C@@H](SCc2ccccc2)[C@H](NO)C(=O)OCc2ccccc2)c2ccccc21. The number of rotatable bonds is 9. The second-order valence-corrected chi connectivity index (χ2v) is 9.04. The number of esters is 1. The molecule has 34 heavy (non-hydrogen) atoms. The van der Waals surface area contributed by atoms with Gasteiger partial charge in [-0.15, -0.1) is 11.8 Å². The van der Waals surface area contributed by atoms with Gasteiger partial charge >= 0.3 is 5.97 Å². The molecule has 2 N–H and O–H groups in total. The van der Waals surface area contributed by atoms with Crippen LogP contribution >= 0.6 is 11.8 Å². The Labute approximate surface area is 202 Å². The van der Waals surface area contributed by atoms with Crippen LogP contribution in [-0.4, -0.2) is 27.7 Å². The summed E-state index contributed by atoms with van der Waals surface area (Å²) in [7, 11) is 0. The lowest BCUT2D eigenvalue weighted by molar-refractivity contribution is -0.150.